The van der Waals surface area contributed by atoms with Crippen LogP contribution in [0.1, 0.15) is 30.7 Å². The minimum Gasteiger partial charge on any atom is -0.489 e. The lowest BCUT2D eigenvalue weighted by Gasteiger charge is -2.16. The van der Waals surface area contributed by atoms with Gasteiger partial charge in [0, 0.05) is 18.7 Å². The van der Waals surface area contributed by atoms with Crippen LogP contribution in [-0.2, 0) is 31.0 Å². The molecule has 1 atom stereocenters. The number of aliphatic carboxylic acids is 1. The van der Waals surface area contributed by atoms with E-state index >= 15 is 0 Å². The number of carboxylic acids is 1. The summed E-state index contributed by atoms with van der Waals surface area (Å²) in [6.07, 6.45) is -5.18. The first-order chi connectivity index (χ1) is 16.4. The Labute approximate surface area is 197 Å². The molecule has 0 bridgehead atoms. The molecule has 0 saturated carbocycles. The van der Waals surface area contributed by atoms with Crippen LogP contribution in [0.2, 0.25) is 0 Å². The van der Waals surface area contributed by atoms with Crippen LogP contribution in [-0.4, -0.2) is 26.3 Å². The number of aromatic nitrogens is 2. The largest absolute Gasteiger partial charge is 0.489 e. The van der Waals surface area contributed by atoms with Crippen molar-refractivity contribution in [1.82, 2.24) is 9.13 Å². The van der Waals surface area contributed by atoms with Gasteiger partial charge in [-0.3, -0.25) is 9.36 Å². The molecule has 8 nitrogen and oxygen atoms in total. The zero-order chi connectivity index (χ0) is 25.9. The molecular formula is C24H23F3N2O6. The van der Waals surface area contributed by atoms with Crippen LogP contribution in [0.15, 0.2) is 58.1 Å². The summed E-state index contributed by atoms with van der Waals surface area (Å²) in [6, 6.07) is 11.4. The third-order valence-electron chi connectivity index (χ3n) is 5.29. The molecule has 1 aromatic heterocycles. The van der Waals surface area contributed by atoms with Crippen LogP contribution in [0.4, 0.5) is 13.2 Å². The minimum atomic E-state index is -4.84. The van der Waals surface area contributed by atoms with Gasteiger partial charge in [0.15, 0.2) is 6.10 Å². The second kappa shape index (κ2) is 10.1. The number of hydrogen-bond donors (Lipinski definition) is 1. The van der Waals surface area contributed by atoms with Gasteiger partial charge >= 0.3 is 17.8 Å². The molecule has 1 heterocycles. The number of halogens is 3. The first kappa shape index (κ1) is 25.6. The molecule has 0 fully saturated rings. The molecule has 0 aliphatic rings. The number of carbonyl (C=O) groups is 1. The highest BCUT2D eigenvalue weighted by atomic mass is 19.4. The Hall–Kier alpha value is -4.02. The number of alkyl halides is 3. The fourth-order valence-electron chi connectivity index (χ4n) is 3.28. The summed E-state index contributed by atoms with van der Waals surface area (Å²) in [5, 5.41) is 9.14. The van der Waals surface area contributed by atoms with Gasteiger partial charge in [-0.2, -0.15) is 13.2 Å². The van der Waals surface area contributed by atoms with Crippen molar-refractivity contribution in [3.8, 4) is 17.2 Å². The van der Waals surface area contributed by atoms with Crippen LogP contribution in [0.25, 0.3) is 5.69 Å². The van der Waals surface area contributed by atoms with E-state index in [-0.39, 0.29) is 12.3 Å². The van der Waals surface area contributed by atoms with Gasteiger partial charge in [0.05, 0.1) is 5.69 Å². The van der Waals surface area contributed by atoms with E-state index in [0.29, 0.717) is 32.3 Å². The number of rotatable bonds is 8. The fraction of sp³-hybridized carbons (Fsp3) is 0.292. The summed E-state index contributed by atoms with van der Waals surface area (Å²) in [5.74, 6) is -0.392. The summed E-state index contributed by atoms with van der Waals surface area (Å²) < 4.78 is 51.4. The smallest absolute Gasteiger partial charge is 0.431 e. The van der Waals surface area contributed by atoms with Crippen molar-refractivity contribution in [3.05, 3.63) is 86.2 Å². The number of aryl methyl sites for hydroxylation is 1. The molecule has 0 amide bonds. The van der Waals surface area contributed by atoms with E-state index in [4.69, 9.17) is 14.6 Å². The summed E-state index contributed by atoms with van der Waals surface area (Å²) in [7, 11) is 0.938. The van der Waals surface area contributed by atoms with Gasteiger partial charge in [-0.1, -0.05) is 19.1 Å². The predicted molar refractivity (Wildman–Crippen MR) is 120 cm³/mol. The van der Waals surface area contributed by atoms with Crippen LogP contribution in [0.5, 0.6) is 11.5 Å². The van der Waals surface area contributed by atoms with E-state index in [9.17, 15) is 27.6 Å². The average Bonchev–Trinajstić information content (AvgIpc) is 2.80. The molecule has 0 aliphatic carbocycles. The highest BCUT2D eigenvalue weighted by Gasteiger charge is 2.35. The SMILES string of the molecule is CCc1ccc(COc2ccc(-n3c(=O)cc(C(F)(F)F)n(C)c3=O)cc2)c(O[C@@H](C)C(=O)O)c1. The molecular weight excluding hydrogens is 469 g/mol. The summed E-state index contributed by atoms with van der Waals surface area (Å²) in [5.41, 5.74) is -1.96. The highest BCUT2D eigenvalue weighted by Crippen LogP contribution is 2.27. The van der Waals surface area contributed by atoms with Crippen molar-refractivity contribution in [2.24, 2.45) is 7.05 Å². The molecule has 11 heteroatoms. The number of carboxylic acid groups (broad SMARTS) is 1. The topological polar surface area (TPSA) is 99.8 Å². The number of benzene rings is 2. The maximum atomic E-state index is 13.0. The second-order valence-electron chi connectivity index (χ2n) is 7.72. The van der Waals surface area contributed by atoms with Gasteiger partial charge in [-0.25, -0.2) is 14.2 Å². The van der Waals surface area contributed by atoms with E-state index in [2.05, 4.69) is 0 Å². The standard InChI is InChI=1S/C24H23F3N2O6/c1-4-15-5-6-16(19(11-15)35-14(2)22(31)32)13-34-18-9-7-17(8-10-18)29-21(30)12-20(24(25,26)27)28(3)23(29)33/h5-12,14H,4,13H2,1-3H3,(H,31,32)/t14-/m0/s1. The average molecular weight is 492 g/mol. The van der Waals surface area contributed by atoms with Crippen molar-refractivity contribution in [2.75, 3.05) is 0 Å². The number of hydrogen-bond acceptors (Lipinski definition) is 5. The van der Waals surface area contributed by atoms with Gasteiger partial charge in [0.25, 0.3) is 5.56 Å². The molecule has 3 aromatic rings. The van der Waals surface area contributed by atoms with Gasteiger partial charge in [0.2, 0.25) is 0 Å². The number of nitrogens with zero attached hydrogens (tertiary/aromatic N) is 2. The zero-order valence-electron chi connectivity index (χ0n) is 19.1. The monoisotopic (exact) mass is 492 g/mol. The Bertz CT molecular complexity index is 1340. The highest BCUT2D eigenvalue weighted by molar-refractivity contribution is 5.72. The Balaban J connectivity index is 1.83. The third kappa shape index (κ3) is 5.73. The molecule has 1 N–H and O–H groups in total. The van der Waals surface area contributed by atoms with Crippen molar-refractivity contribution < 1.29 is 32.5 Å². The van der Waals surface area contributed by atoms with Crippen LogP contribution < -0.4 is 20.7 Å². The molecule has 3 rings (SSSR count). The quantitative estimate of drug-likeness (QED) is 0.516. The molecule has 0 saturated heterocycles. The van der Waals surface area contributed by atoms with Crippen LogP contribution in [0.3, 0.4) is 0 Å². The second-order valence-corrected chi connectivity index (χ2v) is 7.72. The Morgan fingerprint density at radius 2 is 1.74 bits per heavy atom. The Morgan fingerprint density at radius 1 is 1.09 bits per heavy atom. The first-order valence-corrected chi connectivity index (χ1v) is 10.6. The Kier molecular flexibility index (Phi) is 7.37. The van der Waals surface area contributed by atoms with Crippen molar-refractivity contribution in [2.45, 2.75) is 39.2 Å². The molecule has 2 aromatic carbocycles. The van der Waals surface area contributed by atoms with E-state index in [0.717, 1.165) is 19.0 Å². The Morgan fingerprint density at radius 3 is 2.31 bits per heavy atom. The zero-order valence-corrected chi connectivity index (χ0v) is 19.1. The molecule has 0 aliphatic heterocycles. The van der Waals surface area contributed by atoms with Gasteiger partial charge < -0.3 is 14.6 Å². The maximum Gasteiger partial charge on any atom is 0.431 e. The van der Waals surface area contributed by atoms with Crippen molar-refractivity contribution in [1.29, 1.82) is 0 Å². The summed E-state index contributed by atoms with van der Waals surface area (Å²) >= 11 is 0. The van der Waals surface area contributed by atoms with E-state index < -0.39 is 35.2 Å². The third-order valence-corrected chi connectivity index (χ3v) is 5.29. The van der Waals surface area contributed by atoms with E-state index in [1.165, 1.54) is 31.2 Å². The molecule has 186 valence electrons. The fourth-order valence-corrected chi connectivity index (χ4v) is 3.28. The van der Waals surface area contributed by atoms with E-state index in [1.807, 2.05) is 13.0 Å². The lowest BCUT2D eigenvalue weighted by Crippen LogP contribution is -2.40. The van der Waals surface area contributed by atoms with E-state index in [1.54, 1.807) is 12.1 Å². The van der Waals surface area contributed by atoms with Crippen LogP contribution >= 0.6 is 0 Å². The molecule has 0 spiro atoms. The van der Waals surface area contributed by atoms with Gasteiger partial charge in [0.1, 0.15) is 23.8 Å². The maximum absolute atomic E-state index is 13.0. The predicted octanol–water partition coefficient (Wildman–Crippen LogP) is 3.55. The van der Waals surface area contributed by atoms with Crippen LogP contribution in [0, 0.1) is 0 Å². The van der Waals surface area contributed by atoms with Gasteiger partial charge in [-0.15, -0.1) is 0 Å². The molecule has 35 heavy (non-hydrogen) atoms. The lowest BCUT2D eigenvalue weighted by molar-refractivity contribution is -0.144. The lowest BCUT2D eigenvalue weighted by atomic mass is 10.1. The molecule has 0 radical (unpaired) electrons. The first-order valence-electron chi connectivity index (χ1n) is 10.6. The van der Waals surface area contributed by atoms with Gasteiger partial charge in [-0.05, 0) is 49.2 Å². The van der Waals surface area contributed by atoms with Crippen molar-refractivity contribution in [3.63, 3.8) is 0 Å². The molecule has 0 unspecified atom stereocenters. The summed E-state index contributed by atoms with van der Waals surface area (Å²) in [6.45, 7) is 3.40. The number of ether oxygens (including phenoxy) is 2. The van der Waals surface area contributed by atoms with Crippen molar-refractivity contribution >= 4 is 5.97 Å². The normalized spacial score (nSPS) is 12.3. The summed E-state index contributed by atoms with van der Waals surface area (Å²) in [4.78, 5) is 35.8. The minimum absolute atomic E-state index is 0.0347.